The SMILES string of the molecule is CCCCN(CCCC)P1(=O)OCCO1. The molecular formula is C10H22NO3P. The zero-order valence-corrected chi connectivity index (χ0v) is 10.7. The summed E-state index contributed by atoms with van der Waals surface area (Å²) >= 11 is 0. The molecule has 1 aliphatic rings. The molecule has 0 saturated carbocycles. The lowest BCUT2D eigenvalue weighted by atomic mass is 10.3. The molecule has 0 aromatic rings. The summed E-state index contributed by atoms with van der Waals surface area (Å²) in [6, 6.07) is 0. The van der Waals surface area contributed by atoms with Crippen molar-refractivity contribution in [2.75, 3.05) is 26.3 Å². The largest absolute Gasteiger partial charge is 0.408 e. The van der Waals surface area contributed by atoms with Gasteiger partial charge in [0.25, 0.3) is 0 Å². The zero-order chi connectivity index (χ0) is 11.1. The van der Waals surface area contributed by atoms with E-state index in [-0.39, 0.29) is 0 Å². The fourth-order valence-corrected chi connectivity index (χ4v) is 3.33. The van der Waals surface area contributed by atoms with Crippen LogP contribution in [0.25, 0.3) is 0 Å². The summed E-state index contributed by atoms with van der Waals surface area (Å²) in [5.74, 6) is 0. The van der Waals surface area contributed by atoms with Crippen molar-refractivity contribution in [2.45, 2.75) is 39.5 Å². The van der Waals surface area contributed by atoms with Crippen LogP contribution >= 0.6 is 7.75 Å². The van der Waals surface area contributed by atoms with Gasteiger partial charge in [-0.2, -0.15) is 0 Å². The number of unbranched alkanes of at least 4 members (excludes halogenated alkanes) is 2. The molecule has 0 spiro atoms. The predicted molar refractivity (Wildman–Crippen MR) is 60.9 cm³/mol. The molecule has 4 nitrogen and oxygen atoms in total. The number of nitrogens with zero attached hydrogens (tertiary/aromatic N) is 1. The van der Waals surface area contributed by atoms with Crippen LogP contribution in [0.4, 0.5) is 0 Å². The first-order valence-electron chi connectivity index (χ1n) is 5.87. The maximum atomic E-state index is 12.2. The van der Waals surface area contributed by atoms with E-state index in [0.29, 0.717) is 13.2 Å². The van der Waals surface area contributed by atoms with Crippen molar-refractivity contribution in [1.82, 2.24) is 4.67 Å². The van der Waals surface area contributed by atoms with Crippen LogP contribution in [0.5, 0.6) is 0 Å². The van der Waals surface area contributed by atoms with Gasteiger partial charge >= 0.3 is 7.75 Å². The lowest BCUT2D eigenvalue weighted by Gasteiger charge is -2.25. The summed E-state index contributed by atoms with van der Waals surface area (Å²) < 4.78 is 24.6. The number of hydrogen-bond acceptors (Lipinski definition) is 3. The van der Waals surface area contributed by atoms with Crippen molar-refractivity contribution in [1.29, 1.82) is 0 Å². The van der Waals surface area contributed by atoms with Gasteiger partial charge in [-0.3, -0.25) is 9.05 Å². The van der Waals surface area contributed by atoms with E-state index < -0.39 is 7.75 Å². The first-order valence-corrected chi connectivity index (χ1v) is 7.37. The van der Waals surface area contributed by atoms with E-state index in [1.165, 1.54) is 0 Å². The molecule has 1 saturated heterocycles. The Bertz CT molecular complexity index is 205. The summed E-state index contributed by atoms with van der Waals surface area (Å²) in [6.07, 6.45) is 4.28. The second-order valence-electron chi connectivity index (χ2n) is 3.80. The van der Waals surface area contributed by atoms with Crippen LogP contribution in [-0.4, -0.2) is 31.0 Å². The summed E-state index contributed by atoms with van der Waals surface area (Å²) in [6.45, 7) is 6.81. The molecular weight excluding hydrogens is 213 g/mol. The van der Waals surface area contributed by atoms with Gasteiger partial charge in [-0.1, -0.05) is 26.7 Å². The third-order valence-electron chi connectivity index (χ3n) is 2.48. The third kappa shape index (κ3) is 3.87. The smallest absolute Gasteiger partial charge is 0.294 e. The number of hydrogen-bond donors (Lipinski definition) is 0. The van der Waals surface area contributed by atoms with E-state index in [2.05, 4.69) is 13.8 Å². The first kappa shape index (κ1) is 13.2. The molecule has 1 aliphatic heterocycles. The summed E-state index contributed by atoms with van der Waals surface area (Å²) in [7, 11) is -2.91. The Balaban J connectivity index is 2.49. The molecule has 0 bridgehead atoms. The van der Waals surface area contributed by atoms with Crippen molar-refractivity contribution in [3.63, 3.8) is 0 Å². The normalized spacial score (nSPS) is 19.9. The topological polar surface area (TPSA) is 38.8 Å². The Labute approximate surface area is 92.5 Å². The van der Waals surface area contributed by atoms with Crippen LogP contribution < -0.4 is 0 Å². The molecule has 0 radical (unpaired) electrons. The molecule has 1 fully saturated rings. The van der Waals surface area contributed by atoms with Crippen molar-refractivity contribution in [2.24, 2.45) is 0 Å². The minimum Gasteiger partial charge on any atom is -0.294 e. The van der Waals surface area contributed by atoms with Gasteiger partial charge in [0, 0.05) is 13.1 Å². The molecule has 5 heteroatoms. The van der Waals surface area contributed by atoms with Gasteiger partial charge in [0.2, 0.25) is 0 Å². The standard InChI is InChI=1S/C10H22NO3P/c1-3-5-7-11(8-6-4-2)15(12)13-9-10-14-15/h3-10H2,1-2H3. The second kappa shape index (κ2) is 6.64. The number of rotatable bonds is 7. The molecule has 15 heavy (non-hydrogen) atoms. The fourth-order valence-electron chi connectivity index (χ4n) is 1.54. The van der Waals surface area contributed by atoms with Crippen LogP contribution in [0.3, 0.4) is 0 Å². The molecule has 0 amide bonds. The molecule has 0 aromatic carbocycles. The fraction of sp³-hybridized carbons (Fsp3) is 1.00. The molecule has 1 heterocycles. The average Bonchev–Trinajstić information content (AvgIpc) is 2.66. The summed E-state index contributed by atoms with van der Waals surface area (Å²) in [4.78, 5) is 0. The maximum absolute atomic E-state index is 12.2. The van der Waals surface area contributed by atoms with Crippen LogP contribution in [0.15, 0.2) is 0 Å². The van der Waals surface area contributed by atoms with Gasteiger partial charge < -0.3 is 0 Å². The van der Waals surface area contributed by atoms with Gasteiger partial charge in [0.05, 0.1) is 13.2 Å². The molecule has 0 atom stereocenters. The van der Waals surface area contributed by atoms with Crippen molar-refractivity contribution in [3.05, 3.63) is 0 Å². The van der Waals surface area contributed by atoms with Crippen molar-refractivity contribution in [3.8, 4) is 0 Å². The Morgan fingerprint density at radius 2 is 1.53 bits per heavy atom. The zero-order valence-electron chi connectivity index (χ0n) is 9.78. The van der Waals surface area contributed by atoms with Gasteiger partial charge in [0.1, 0.15) is 0 Å². The highest BCUT2D eigenvalue weighted by Gasteiger charge is 2.36. The van der Waals surface area contributed by atoms with E-state index in [4.69, 9.17) is 9.05 Å². The lowest BCUT2D eigenvalue weighted by molar-refractivity contribution is 0.254. The molecule has 1 rings (SSSR count). The molecule has 0 aromatic heterocycles. The van der Waals surface area contributed by atoms with E-state index in [0.717, 1.165) is 38.8 Å². The summed E-state index contributed by atoms with van der Waals surface area (Å²) in [5.41, 5.74) is 0. The molecule has 0 unspecified atom stereocenters. The highest BCUT2D eigenvalue weighted by molar-refractivity contribution is 7.51. The van der Waals surface area contributed by atoms with Gasteiger partial charge in [-0.15, -0.1) is 0 Å². The van der Waals surface area contributed by atoms with E-state index in [9.17, 15) is 4.57 Å². The van der Waals surface area contributed by atoms with Crippen molar-refractivity contribution < 1.29 is 13.6 Å². The maximum Gasteiger partial charge on any atom is 0.408 e. The lowest BCUT2D eigenvalue weighted by Crippen LogP contribution is -2.23. The first-order chi connectivity index (χ1) is 7.23. The van der Waals surface area contributed by atoms with E-state index in [1.54, 1.807) is 0 Å². The Morgan fingerprint density at radius 1 is 1.07 bits per heavy atom. The minimum absolute atomic E-state index is 0.464. The highest BCUT2D eigenvalue weighted by atomic mass is 31.2. The average molecular weight is 235 g/mol. The van der Waals surface area contributed by atoms with Crippen LogP contribution in [0.2, 0.25) is 0 Å². The Hall–Kier alpha value is 0.110. The Morgan fingerprint density at radius 3 is 1.93 bits per heavy atom. The van der Waals surface area contributed by atoms with Gasteiger partial charge in [-0.05, 0) is 12.8 Å². The minimum atomic E-state index is -2.91. The van der Waals surface area contributed by atoms with Gasteiger partial charge in [-0.25, -0.2) is 9.24 Å². The van der Waals surface area contributed by atoms with Crippen LogP contribution in [0.1, 0.15) is 39.5 Å². The van der Waals surface area contributed by atoms with Crippen LogP contribution in [-0.2, 0) is 13.6 Å². The van der Waals surface area contributed by atoms with Crippen LogP contribution in [0, 0.1) is 0 Å². The third-order valence-corrected chi connectivity index (χ3v) is 4.59. The second-order valence-corrected chi connectivity index (χ2v) is 5.81. The van der Waals surface area contributed by atoms with Gasteiger partial charge in [0.15, 0.2) is 0 Å². The van der Waals surface area contributed by atoms with E-state index >= 15 is 0 Å². The predicted octanol–water partition coefficient (Wildman–Crippen LogP) is 3.04. The molecule has 0 N–H and O–H groups in total. The quantitative estimate of drug-likeness (QED) is 0.636. The molecule has 0 aliphatic carbocycles. The van der Waals surface area contributed by atoms with E-state index in [1.807, 2.05) is 4.67 Å². The van der Waals surface area contributed by atoms with Crippen molar-refractivity contribution >= 4 is 7.75 Å². The summed E-state index contributed by atoms with van der Waals surface area (Å²) in [5, 5.41) is 0. The Kier molecular flexibility index (Phi) is 5.83. The molecule has 90 valence electrons. The monoisotopic (exact) mass is 235 g/mol. The highest BCUT2D eigenvalue weighted by Crippen LogP contribution is 2.55.